The van der Waals surface area contributed by atoms with Crippen molar-refractivity contribution in [3.05, 3.63) is 59.9 Å². The first kappa shape index (κ1) is 26.5. The number of hydrogen-bond donors (Lipinski definition) is 2. The number of aromatic nitrogens is 2. The second-order valence-electron chi connectivity index (χ2n) is 8.95. The standard InChI is InChI=1S/C26H30N4O6S/c1-17-4-5-21(29-25(32)19-6-7-27-24(13-19)37(3,33)34)14-22(17)20-12-23(30-8-10-35-11-9-30)26(28-15-20)36-16-18(2)31/h4-7,12-15,18,31H,8-11,16H2,1-3H3,(H,29,32)/t18-/m0/s1. The minimum Gasteiger partial charge on any atom is -0.473 e. The number of anilines is 2. The fraction of sp³-hybridized carbons (Fsp3) is 0.346. The van der Waals surface area contributed by atoms with Gasteiger partial charge in [0.2, 0.25) is 5.88 Å². The fourth-order valence-electron chi connectivity index (χ4n) is 3.90. The largest absolute Gasteiger partial charge is 0.473 e. The highest BCUT2D eigenvalue weighted by molar-refractivity contribution is 7.90. The summed E-state index contributed by atoms with van der Waals surface area (Å²) < 4.78 is 34.9. The molecule has 1 fully saturated rings. The first-order valence-corrected chi connectivity index (χ1v) is 13.7. The third-order valence-corrected chi connectivity index (χ3v) is 6.81. The Morgan fingerprint density at radius 1 is 1.19 bits per heavy atom. The number of ether oxygens (including phenoxy) is 2. The van der Waals surface area contributed by atoms with Gasteiger partial charge in [0.25, 0.3) is 5.91 Å². The molecule has 2 aromatic heterocycles. The molecule has 1 amide bonds. The first-order chi connectivity index (χ1) is 17.6. The van der Waals surface area contributed by atoms with E-state index in [-0.39, 0.29) is 17.2 Å². The minimum absolute atomic E-state index is 0.125. The Bertz CT molecular complexity index is 1390. The molecular formula is C26H30N4O6S. The zero-order chi connectivity index (χ0) is 26.6. The quantitative estimate of drug-likeness (QED) is 0.455. The van der Waals surface area contributed by atoms with E-state index >= 15 is 0 Å². The summed E-state index contributed by atoms with van der Waals surface area (Å²) in [5.41, 5.74) is 4.23. The number of carbonyl (C=O) groups is 1. The number of carbonyl (C=O) groups excluding carboxylic acids is 1. The average Bonchev–Trinajstić information content (AvgIpc) is 2.88. The van der Waals surface area contributed by atoms with Crippen LogP contribution in [0.4, 0.5) is 11.4 Å². The normalized spacial score (nSPS) is 14.8. The molecule has 0 spiro atoms. The number of amides is 1. The van der Waals surface area contributed by atoms with Crippen LogP contribution < -0.4 is 15.0 Å². The molecule has 0 unspecified atom stereocenters. The van der Waals surface area contributed by atoms with Crippen molar-refractivity contribution < 1.29 is 27.8 Å². The number of aliphatic hydroxyl groups is 1. The highest BCUT2D eigenvalue weighted by Gasteiger charge is 2.20. The van der Waals surface area contributed by atoms with E-state index in [1.807, 2.05) is 25.1 Å². The van der Waals surface area contributed by atoms with Gasteiger partial charge in [-0.15, -0.1) is 0 Å². The van der Waals surface area contributed by atoms with Gasteiger partial charge in [-0.3, -0.25) is 4.79 Å². The zero-order valence-electron chi connectivity index (χ0n) is 21.0. The van der Waals surface area contributed by atoms with Crippen molar-refractivity contribution in [3.63, 3.8) is 0 Å². The van der Waals surface area contributed by atoms with Gasteiger partial charge >= 0.3 is 0 Å². The summed E-state index contributed by atoms with van der Waals surface area (Å²) in [6.07, 6.45) is 3.42. The van der Waals surface area contributed by atoms with Gasteiger partial charge in [-0.05, 0) is 55.3 Å². The van der Waals surface area contributed by atoms with Crippen LogP contribution in [0.25, 0.3) is 11.1 Å². The summed E-state index contributed by atoms with van der Waals surface area (Å²) in [6, 6.07) is 10.2. The van der Waals surface area contributed by atoms with Crippen LogP contribution in [0, 0.1) is 6.92 Å². The van der Waals surface area contributed by atoms with E-state index in [4.69, 9.17) is 9.47 Å². The molecular weight excluding hydrogens is 496 g/mol. The van der Waals surface area contributed by atoms with Crippen LogP contribution in [0.2, 0.25) is 0 Å². The number of sulfone groups is 1. The van der Waals surface area contributed by atoms with Crippen molar-refractivity contribution in [2.75, 3.05) is 49.4 Å². The second kappa shape index (κ2) is 11.2. The van der Waals surface area contributed by atoms with E-state index in [0.29, 0.717) is 37.9 Å². The molecule has 1 aliphatic heterocycles. The molecule has 1 atom stereocenters. The van der Waals surface area contributed by atoms with Crippen LogP contribution in [-0.4, -0.2) is 74.7 Å². The molecule has 0 aliphatic carbocycles. The molecule has 2 N–H and O–H groups in total. The van der Waals surface area contributed by atoms with Crippen LogP contribution >= 0.6 is 0 Å². The summed E-state index contributed by atoms with van der Waals surface area (Å²) in [4.78, 5) is 23.4. The molecule has 0 bridgehead atoms. The van der Waals surface area contributed by atoms with Crippen molar-refractivity contribution in [3.8, 4) is 17.0 Å². The van der Waals surface area contributed by atoms with E-state index in [9.17, 15) is 18.3 Å². The number of hydrogen-bond acceptors (Lipinski definition) is 9. The maximum atomic E-state index is 12.9. The Morgan fingerprint density at radius 2 is 1.95 bits per heavy atom. The van der Waals surface area contributed by atoms with Gasteiger partial charge in [-0.1, -0.05) is 6.07 Å². The molecule has 0 radical (unpaired) electrons. The van der Waals surface area contributed by atoms with Gasteiger partial charge in [0, 0.05) is 48.6 Å². The van der Waals surface area contributed by atoms with Crippen molar-refractivity contribution in [1.29, 1.82) is 0 Å². The molecule has 3 heterocycles. The summed E-state index contributed by atoms with van der Waals surface area (Å²) in [5, 5.41) is 12.3. The Morgan fingerprint density at radius 3 is 2.65 bits per heavy atom. The molecule has 11 heteroatoms. The number of pyridine rings is 2. The molecule has 1 aromatic carbocycles. The fourth-order valence-corrected chi connectivity index (χ4v) is 4.49. The van der Waals surface area contributed by atoms with Crippen LogP contribution in [0.3, 0.4) is 0 Å². The molecule has 37 heavy (non-hydrogen) atoms. The summed E-state index contributed by atoms with van der Waals surface area (Å²) >= 11 is 0. The number of benzene rings is 1. The number of aliphatic hydroxyl groups excluding tert-OH is 1. The molecule has 4 rings (SSSR count). The van der Waals surface area contributed by atoms with Gasteiger partial charge in [-0.2, -0.15) is 0 Å². The Balaban J connectivity index is 1.64. The average molecular weight is 527 g/mol. The van der Waals surface area contributed by atoms with Crippen molar-refractivity contribution in [2.24, 2.45) is 0 Å². The molecule has 196 valence electrons. The number of rotatable bonds is 8. The molecule has 0 saturated carbocycles. The Hall–Kier alpha value is -3.54. The number of morpholine rings is 1. The smallest absolute Gasteiger partial charge is 0.255 e. The lowest BCUT2D eigenvalue weighted by Gasteiger charge is -2.30. The Kier molecular flexibility index (Phi) is 8.06. The van der Waals surface area contributed by atoms with Crippen LogP contribution in [-0.2, 0) is 14.6 Å². The predicted octanol–water partition coefficient (Wildman–Crippen LogP) is 2.70. The minimum atomic E-state index is -3.54. The number of nitrogens with one attached hydrogen (secondary N) is 1. The SMILES string of the molecule is Cc1ccc(NC(=O)c2ccnc(S(C)(=O)=O)c2)cc1-c1cnc(OC[C@H](C)O)c(N2CCOCC2)c1. The van der Waals surface area contributed by atoms with Crippen LogP contribution in [0.5, 0.6) is 5.88 Å². The molecule has 3 aromatic rings. The van der Waals surface area contributed by atoms with Gasteiger partial charge in [-0.25, -0.2) is 18.4 Å². The van der Waals surface area contributed by atoms with Gasteiger partial charge in [0.05, 0.1) is 19.3 Å². The molecule has 10 nitrogen and oxygen atoms in total. The monoisotopic (exact) mass is 526 g/mol. The summed E-state index contributed by atoms with van der Waals surface area (Å²) in [6.45, 7) is 6.31. The third kappa shape index (κ3) is 6.62. The lowest BCUT2D eigenvalue weighted by molar-refractivity contribution is 0.102. The maximum absolute atomic E-state index is 12.9. The van der Waals surface area contributed by atoms with Crippen molar-refractivity contribution in [1.82, 2.24) is 9.97 Å². The van der Waals surface area contributed by atoms with E-state index in [0.717, 1.165) is 28.6 Å². The second-order valence-corrected chi connectivity index (χ2v) is 10.9. The lowest BCUT2D eigenvalue weighted by atomic mass is 10.0. The summed E-state index contributed by atoms with van der Waals surface area (Å²) in [7, 11) is -3.54. The molecule has 1 aliphatic rings. The third-order valence-electron chi connectivity index (χ3n) is 5.83. The van der Waals surface area contributed by atoms with E-state index in [1.165, 1.54) is 18.3 Å². The zero-order valence-corrected chi connectivity index (χ0v) is 21.8. The highest BCUT2D eigenvalue weighted by Crippen LogP contribution is 2.34. The molecule has 1 saturated heterocycles. The maximum Gasteiger partial charge on any atom is 0.255 e. The van der Waals surface area contributed by atoms with Gasteiger partial charge < -0.3 is 24.8 Å². The number of nitrogens with zero attached hydrogens (tertiary/aromatic N) is 3. The van der Waals surface area contributed by atoms with E-state index in [2.05, 4.69) is 20.2 Å². The number of aryl methyl sites for hydroxylation is 1. The summed E-state index contributed by atoms with van der Waals surface area (Å²) in [5.74, 6) is -0.0101. The van der Waals surface area contributed by atoms with Crippen LogP contribution in [0.15, 0.2) is 53.8 Å². The van der Waals surface area contributed by atoms with Gasteiger partial charge in [0.15, 0.2) is 14.9 Å². The van der Waals surface area contributed by atoms with E-state index in [1.54, 1.807) is 19.2 Å². The van der Waals surface area contributed by atoms with Crippen molar-refractivity contribution in [2.45, 2.75) is 25.0 Å². The lowest BCUT2D eigenvalue weighted by Crippen LogP contribution is -2.36. The predicted molar refractivity (Wildman–Crippen MR) is 140 cm³/mol. The topological polar surface area (TPSA) is 131 Å². The van der Waals surface area contributed by atoms with Crippen molar-refractivity contribution >= 4 is 27.1 Å². The van der Waals surface area contributed by atoms with E-state index < -0.39 is 21.8 Å². The Labute approximate surface area is 216 Å². The first-order valence-electron chi connectivity index (χ1n) is 11.8. The van der Waals surface area contributed by atoms with Crippen LogP contribution in [0.1, 0.15) is 22.8 Å². The van der Waals surface area contributed by atoms with Gasteiger partial charge in [0.1, 0.15) is 12.3 Å². The highest BCUT2D eigenvalue weighted by atomic mass is 32.2.